The van der Waals surface area contributed by atoms with Gasteiger partial charge in [-0.2, -0.15) is 0 Å². The summed E-state index contributed by atoms with van der Waals surface area (Å²) in [6.07, 6.45) is 2.10. The fourth-order valence-electron chi connectivity index (χ4n) is 2.46. The topological polar surface area (TPSA) is 23.6 Å². The lowest BCUT2D eigenvalue weighted by Gasteiger charge is -2.36. The summed E-state index contributed by atoms with van der Waals surface area (Å²) < 4.78 is 0. The van der Waals surface area contributed by atoms with Crippen LogP contribution in [0.5, 0.6) is 0 Å². The molecule has 1 unspecified atom stereocenters. The average Bonchev–Trinajstić information content (AvgIpc) is 2.39. The Kier molecular flexibility index (Phi) is 3.70. The number of rotatable bonds is 1. The van der Waals surface area contributed by atoms with Crippen molar-refractivity contribution in [3.63, 3.8) is 0 Å². The Morgan fingerprint density at radius 2 is 2.00 bits per heavy atom. The zero-order valence-corrected chi connectivity index (χ0v) is 11.1. The second-order valence-corrected chi connectivity index (χ2v) is 4.93. The highest BCUT2D eigenvalue weighted by atomic mass is 16.2. The quantitative estimate of drug-likeness (QED) is 0.744. The van der Waals surface area contributed by atoms with Gasteiger partial charge in [0.1, 0.15) is 0 Å². The van der Waals surface area contributed by atoms with Crippen LogP contribution >= 0.6 is 0 Å². The second kappa shape index (κ2) is 5.25. The molecule has 1 saturated heterocycles. The highest BCUT2D eigenvalue weighted by Gasteiger charge is 2.29. The minimum Gasteiger partial charge on any atom is -0.330 e. The van der Waals surface area contributed by atoms with Gasteiger partial charge in [0.2, 0.25) is 0 Å². The van der Waals surface area contributed by atoms with Crippen LogP contribution in [0.3, 0.4) is 0 Å². The molecular weight excluding hydrogens is 224 g/mol. The largest absolute Gasteiger partial charge is 0.330 e. The Morgan fingerprint density at radius 1 is 1.33 bits per heavy atom. The number of nitrogens with zero attached hydrogens (tertiary/aromatic N) is 2. The Morgan fingerprint density at radius 3 is 2.61 bits per heavy atom. The molecule has 0 bridgehead atoms. The summed E-state index contributed by atoms with van der Waals surface area (Å²) in [5.41, 5.74) is 2.17. The SMILES string of the molecule is C=C1C(c2ccccc2)CCCN1C(=O)N(C)C. The molecule has 1 heterocycles. The van der Waals surface area contributed by atoms with Gasteiger partial charge in [-0.1, -0.05) is 36.9 Å². The molecule has 1 aromatic carbocycles. The molecule has 1 aromatic rings. The van der Waals surface area contributed by atoms with E-state index in [9.17, 15) is 4.79 Å². The maximum Gasteiger partial charge on any atom is 0.323 e. The van der Waals surface area contributed by atoms with Crippen molar-refractivity contribution in [3.05, 3.63) is 48.2 Å². The van der Waals surface area contributed by atoms with Crippen molar-refractivity contribution < 1.29 is 4.79 Å². The van der Waals surface area contributed by atoms with Crippen molar-refractivity contribution in [2.45, 2.75) is 18.8 Å². The molecule has 1 fully saturated rings. The lowest BCUT2D eigenvalue weighted by molar-refractivity contribution is 0.174. The first-order chi connectivity index (χ1) is 8.61. The van der Waals surface area contributed by atoms with E-state index in [-0.39, 0.29) is 11.9 Å². The highest BCUT2D eigenvalue weighted by molar-refractivity contribution is 5.76. The predicted molar refractivity (Wildman–Crippen MR) is 73.3 cm³/mol. The van der Waals surface area contributed by atoms with E-state index >= 15 is 0 Å². The van der Waals surface area contributed by atoms with Gasteiger partial charge in [-0.3, -0.25) is 4.90 Å². The van der Waals surface area contributed by atoms with E-state index in [4.69, 9.17) is 0 Å². The van der Waals surface area contributed by atoms with E-state index in [0.717, 1.165) is 25.1 Å². The van der Waals surface area contributed by atoms with Gasteiger partial charge in [0.15, 0.2) is 0 Å². The van der Waals surface area contributed by atoms with E-state index in [1.165, 1.54) is 5.56 Å². The van der Waals surface area contributed by atoms with E-state index in [1.54, 1.807) is 23.9 Å². The molecule has 2 rings (SSSR count). The van der Waals surface area contributed by atoms with Crippen LogP contribution in [0.2, 0.25) is 0 Å². The molecule has 0 radical (unpaired) electrons. The van der Waals surface area contributed by atoms with Gasteiger partial charge in [-0.15, -0.1) is 0 Å². The fourth-order valence-corrected chi connectivity index (χ4v) is 2.46. The number of amides is 2. The third kappa shape index (κ3) is 2.40. The first-order valence-corrected chi connectivity index (χ1v) is 6.34. The molecular formula is C15H20N2O. The second-order valence-electron chi connectivity index (χ2n) is 4.93. The van der Waals surface area contributed by atoms with Crippen molar-refractivity contribution in [2.24, 2.45) is 0 Å². The van der Waals surface area contributed by atoms with Crippen LogP contribution in [0.1, 0.15) is 24.3 Å². The molecule has 2 amide bonds. The maximum atomic E-state index is 12.1. The summed E-state index contributed by atoms with van der Waals surface area (Å²) in [6, 6.07) is 10.3. The van der Waals surface area contributed by atoms with Gasteiger partial charge in [-0.05, 0) is 18.4 Å². The highest BCUT2D eigenvalue weighted by Crippen LogP contribution is 2.34. The fraction of sp³-hybridized carbons (Fsp3) is 0.400. The van der Waals surface area contributed by atoms with E-state index < -0.39 is 0 Å². The standard InChI is InChI=1S/C15H20N2O/c1-12-14(13-8-5-4-6-9-13)10-7-11-17(12)15(18)16(2)3/h4-6,8-9,14H,1,7,10-11H2,2-3H3. The maximum absolute atomic E-state index is 12.1. The molecule has 3 heteroatoms. The smallest absolute Gasteiger partial charge is 0.323 e. The van der Waals surface area contributed by atoms with Crippen LogP contribution in [0.15, 0.2) is 42.6 Å². The van der Waals surface area contributed by atoms with Crippen LogP contribution in [-0.4, -0.2) is 36.5 Å². The molecule has 0 spiro atoms. The van der Waals surface area contributed by atoms with Crippen molar-refractivity contribution in [1.29, 1.82) is 0 Å². The summed E-state index contributed by atoms with van der Waals surface area (Å²) in [6.45, 7) is 4.91. The summed E-state index contributed by atoms with van der Waals surface area (Å²) in [5, 5.41) is 0. The van der Waals surface area contributed by atoms with Crippen molar-refractivity contribution in [1.82, 2.24) is 9.80 Å². The Bertz CT molecular complexity index is 439. The van der Waals surface area contributed by atoms with Gasteiger partial charge < -0.3 is 4.90 Å². The number of allylic oxidation sites excluding steroid dienone is 1. The first-order valence-electron chi connectivity index (χ1n) is 6.34. The van der Waals surface area contributed by atoms with Gasteiger partial charge in [-0.25, -0.2) is 4.79 Å². The molecule has 1 aliphatic rings. The molecule has 1 aliphatic heterocycles. The Balaban J connectivity index is 2.20. The molecule has 1 atom stereocenters. The zero-order chi connectivity index (χ0) is 13.1. The van der Waals surface area contributed by atoms with E-state index in [2.05, 4.69) is 18.7 Å². The predicted octanol–water partition coefficient (Wildman–Crippen LogP) is 3.06. The van der Waals surface area contributed by atoms with Crippen LogP contribution < -0.4 is 0 Å². The number of carbonyl (C=O) groups excluding carboxylic acids is 1. The molecule has 0 aliphatic carbocycles. The zero-order valence-electron chi connectivity index (χ0n) is 11.1. The Labute approximate surface area is 109 Å². The van der Waals surface area contributed by atoms with Gasteiger partial charge >= 0.3 is 6.03 Å². The number of benzene rings is 1. The summed E-state index contributed by atoms with van der Waals surface area (Å²) >= 11 is 0. The minimum atomic E-state index is 0.0284. The van der Waals surface area contributed by atoms with Crippen LogP contribution in [0, 0.1) is 0 Å². The van der Waals surface area contributed by atoms with Crippen molar-refractivity contribution in [2.75, 3.05) is 20.6 Å². The molecule has 0 aromatic heterocycles. The first kappa shape index (κ1) is 12.7. The lowest BCUT2D eigenvalue weighted by atomic mass is 9.88. The van der Waals surface area contributed by atoms with Crippen LogP contribution in [0.25, 0.3) is 0 Å². The number of urea groups is 1. The molecule has 0 saturated carbocycles. The Hall–Kier alpha value is -1.77. The number of hydrogen-bond donors (Lipinski definition) is 0. The molecule has 3 nitrogen and oxygen atoms in total. The molecule has 18 heavy (non-hydrogen) atoms. The average molecular weight is 244 g/mol. The van der Waals surface area contributed by atoms with Crippen LogP contribution in [-0.2, 0) is 0 Å². The minimum absolute atomic E-state index is 0.0284. The van der Waals surface area contributed by atoms with E-state index in [0.29, 0.717) is 0 Å². The monoisotopic (exact) mass is 244 g/mol. The number of carbonyl (C=O) groups is 1. The summed E-state index contributed by atoms with van der Waals surface area (Å²) in [7, 11) is 3.56. The molecule has 96 valence electrons. The van der Waals surface area contributed by atoms with Crippen molar-refractivity contribution in [3.8, 4) is 0 Å². The third-order valence-electron chi connectivity index (χ3n) is 3.44. The van der Waals surface area contributed by atoms with Gasteiger partial charge in [0, 0.05) is 32.3 Å². The van der Waals surface area contributed by atoms with Gasteiger partial charge in [0.05, 0.1) is 0 Å². The van der Waals surface area contributed by atoms with E-state index in [1.807, 2.05) is 18.2 Å². The van der Waals surface area contributed by atoms with Gasteiger partial charge in [0.25, 0.3) is 0 Å². The number of piperidine rings is 1. The number of likely N-dealkylation sites (tertiary alicyclic amines) is 1. The third-order valence-corrected chi connectivity index (χ3v) is 3.44. The van der Waals surface area contributed by atoms with Crippen LogP contribution in [0.4, 0.5) is 4.79 Å². The molecule has 0 N–H and O–H groups in total. The lowest BCUT2D eigenvalue weighted by Crippen LogP contribution is -2.42. The van der Waals surface area contributed by atoms with Crippen molar-refractivity contribution >= 4 is 6.03 Å². The normalized spacial score (nSPS) is 19.8. The number of hydrogen-bond acceptors (Lipinski definition) is 1. The summed E-state index contributed by atoms with van der Waals surface area (Å²) in [5.74, 6) is 0.267. The summed E-state index contributed by atoms with van der Waals surface area (Å²) in [4.78, 5) is 15.5.